The van der Waals surface area contributed by atoms with Crippen molar-refractivity contribution < 1.29 is 13.2 Å². The van der Waals surface area contributed by atoms with Gasteiger partial charge in [-0.15, -0.1) is 10.2 Å². The van der Waals surface area contributed by atoms with E-state index >= 15 is 0 Å². The standard InChI is InChI=1S/C25H27N5O3S/c1-29-13-15-30(16-14-29)25-12-11-23(26-27-25)19-5-8-20(9-6-19)28-34(32,33)21-10-7-18-3-2-4-24(31)22(18)17-21/h5-12,17,28H,2-4,13-16H2,1H3. The molecule has 0 atom stereocenters. The number of carbonyl (C=O) groups is 1. The number of likely N-dealkylation sites (N-methyl/N-ethyl adjacent to an activating group) is 1. The molecular weight excluding hydrogens is 450 g/mol. The number of aryl methyl sites for hydroxylation is 1. The van der Waals surface area contributed by atoms with Crippen LogP contribution in [0.15, 0.2) is 59.5 Å². The topological polar surface area (TPSA) is 95.5 Å². The van der Waals surface area contributed by atoms with Crippen LogP contribution in [0.3, 0.4) is 0 Å². The summed E-state index contributed by atoms with van der Waals surface area (Å²) in [5.74, 6) is 0.868. The van der Waals surface area contributed by atoms with Crippen LogP contribution in [-0.2, 0) is 16.4 Å². The number of nitrogens with zero attached hydrogens (tertiary/aromatic N) is 4. The zero-order valence-corrected chi connectivity index (χ0v) is 19.9. The van der Waals surface area contributed by atoms with E-state index in [0.29, 0.717) is 17.7 Å². The van der Waals surface area contributed by atoms with Crippen LogP contribution in [0.1, 0.15) is 28.8 Å². The summed E-state index contributed by atoms with van der Waals surface area (Å²) < 4.78 is 28.4. The van der Waals surface area contributed by atoms with Crippen molar-refractivity contribution >= 4 is 27.3 Å². The summed E-state index contributed by atoms with van der Waals surface area (Å²) in [6, 6.07) is 15.7. The maximum Gasteiger partial charge on any atom is 0.261 e. The van der Waals surface area contributed by atoms with Gasteiger partial charge in [0.25, 0.3) is 10.0 Å². The van der Waals surface area contributed by atoms with Crippen molar-refractivity contribution in [2.75, 3.05) is 42.8 Å². The van der Waals surface area contributed by atoms with Crippen LogP contribution in [-0.4, -0.2) is 62.5 Å². The van der Waals surface area contributed by atoms with Crippen molar-refractivity contribution in [2.45, 2.75) is 24.2 Å². The average Bonchev–Trinajstić information content (AvgIpc) is 2.85. The Balaban J connectivity index is 1.29. The number of benzene rings is 2. The Hall–Kier alpha value is -3.30. The van der Waals surface area contributed by atoms with Crippen molar-refractivity contribution in [1.82, 2.24) is 15.1 Å². The van der Waals surface area contributed by atoms with Crippen molar-refractivity contribution in [3.8, 4) is 11.3 Å². The van der Waals surface area contributed by atoms with Gasteiger partial charge in [0.05, 0.1) is 10.6 Å². The summed E-state index contributed by atoms with van der Waals surface area (Å²) in [6.45, 7) is 3.86. The van der Waals surface area contributed by atoms with E-state index < -0.39 is 10.0 Å². The molecule has 1 aromatic heterocycles. The summed E-state index contributed by atoms with van der Waals surface area (Å²) in [6.07, 6.45) is 2.08. The molecule has 1 fully saturated rings. The van der Waals surface area contributed by atoms with Gasteiger partial charge >= 0.3 is 0 Å². The maximum absolute atomic E-state index is 12.9. The van der Waals surface area contributed by atoms with Crippen LogP contribution >= 0.6 is 0 Å². The molecule has 34 heavy (non-hydrogen) atoms. The highest BCUT2D eigenvalue weighted by atomic mass is 32.2. The Kier molecular flexibility index (Phi) is 6.05. The van der Waals surface area contributed by atoms with Crippen LogP contribution in [0.5, 0.6) is 0 Å². The van der Waals surface area contributed by atoms with E-state index in [4.69, 9.17) is 0 Å². The number of carbonyl (C=O) groups excluding carboxylic acids is 1. The number of sulfonamides is 1. The van der Waals surface area contributed by atoms with Crippen LogP contribution in [0.4, 0.5) is 11.5 Å². The Morgan fingerprint density at radius 1 is 0.882 bits per heavy atom. The molecule has 1 aliphatic heterocycles. The second-order valence-corrected chi connectivity index (χ2v) is 10.5. The molecule has 0 amide bonds. The first-order valence-electron chi connectivity index (χ1n) is 11.5. The molecule has 3 aromatic rings. The quantitative estimate of drug-likeness (QED) is 0.603. The minimum Gasteiger partial charge on any atom is -0.353 e. The molecule has 0 saturated carbocycles. The number of fused-ring (bicyclic) bond motifs is 1. The van der Waals surface area contributed by atoms with E-state index in [9.17, 15) is 13.2 Å². The molecule has 2 aromatic carbocycles. The van der Waals surface area contributed by atoms with E-state index in [2.05, 4.69) is 31.8 Å². The normalized spacial score (nSPS) is 16.9. The fraction of sp³-hybridized carbons (Fsp3) is 0.320. The number of nitrogens with one attached hydrogen (secondary N) is 1. The largest absolute Gasteiger partial charge is 0.353 e. The van der Waals surface area contributed by atoms with Gasteiger partial charge in [0, 0.05) is 49.4 Å². The number of anilines is 2. The van der Waals surface area contributed by atoms with E-state index in [0.717, 1.165) is 61.7 Å². The number of Topliss-reactive ketones (excluding diaryl/α,β-unsaturated/α-hetero) is 1. The molecule has 0 radical (unpaired) electrons. The predicted molar refractivity (Wildman–Crippen MR) is 132 cm³/mol. The Morgan fingerprint density at radius 2 is 1.65 bits per heavy atom. The van der Waals surface area contributed by atoms with Crippen molar-refractivity contribution in [1.29, 1.82) is 0 Å². The minimum absolute atomic E-state index is 0.00223. The molecule has 176 valence electrons. The van der Waals surface area contributed by atoms with Gasteiger partial charge in [0.1, 0.15) is 0 Å². The van der Waals surface area contributed by atoms with E-state index in [1.54, 1.807) is 24.3 Å². The number of piperazine rings is 1. The first-order valence-corrected chi connectivity index (χ1v) is 12.9. The molecular formula is C25H27N5O3S. The lowest BCUT2D eigenvalue weighted by Crippen LogP contribution is -2.44. The Labute approximate surface area is 199 Å². The minimum atomic E-state index is -3.81. The fourth-order valence-corrected chi connectivity index (χ4v) is 5.47. The van der Waals surface area contributed by atoms with E-state index in [1.165, 1.54) is 6.07 Å². The molecule has 5 rings (SSSR count). The van der Waals surface area contributed by atoms with Crippen LogP contribution < -0.4 is 9.62 Å². The monoisotopic (exact) mass is 477 g/mol. The summed E-state index contributed by atoms with van der Waals surface area (Å²) >= 11 is 0. The predicted octanol–water partition coefficient (Wildman–Crippen LogP) is 3.22. The lowest BCUT2D eigenvalue weighted by atomic mass is 9.91. The maximum atomic E-state index is 12.9. The lowest BCUT2D eigenvalue weighted by Gasteiger charge is -2.32. The molecule has 1 N–H and O–H groups in total. The Bertz CT molecular complexity index is 1300. The number of ketones is 1. The fourth-order valence-electron chi connectivity index (χ4n) is 4.38. The highest BCUT2D eigenvalue weighted by Crippen LogP contribution is 2.26. The third-order valence-electron chi connectivity index (χ3n) is 6.45. The number of hydrogen-bond acceptors (Lipinski definition) is 7. The summed E-state index contributed by atoms with van der Waals surface area (Å²) in [7, 11) is -1.69. The SMILES string of the molecule is CN1CCN(c2ccc(-c3ccc(NS(=O)(=O)c4ccc5c(c4)C(=O)CCC5)cc3)nn2)CC1. The molecule has 2 aliphatic rings. The van der Waals surface area contributed by atoms with Crippen LogP contribution in [0.2, 0.25) is 0 Å². The summed E-state index contributed by atoms with van der Waals surface area (Å²) in [5, 5.41) is 8.75. The Morgan fingerprint density at radius 3 is 2.35 bits per heavy atom. The number of hydrogen-bond donors (Lipinski definition) is 1. The third-order valence-corrected chi connectivity index (χ3v) is 7.83. The van der Waals surface area contributed by atoms with Gasteiger partial charge in [-0.1, -0.05) is 18.2 Å². The summed E-state index contributed by atoms with van der Waals surface area (Å²) in [5.41, 5.74) is 3.44. The van der Waals surface area contributed by atoms with Crippen LogP contribution in [0.25, 0.3) is 11.3 Å². The van der Waals surface area contributed by atoms with Gasteiger partial charge in [0.15, 0.2) is 11.6 Å². The van der Waals surface area contributed by atoms with E-state index in [-0.39, 0.29) is 10.7 Å². The second-order valence-electron chi connectivity index (χ2n) is 8.85. The third kappa shape index (κ3) is 4.67. The first kappa shape index (κ1) is 22.5. The highest BCUT2D eigenvalue weighted by molar-refractivity contribution is 7.92. The van der Waals surface area contributed by atoms with Crippen molar-refractivity contribution in [3.05, 3.63) is 65.7 Å². The molecule has 2 heterocycles. The molecule has 0 bridgehead atoms. The van der Waals surface area contributed by atoms with Crippen LogP contribution in [0, 0.1) is 0 Å². The van der Waals surface area contributed by atoms with Gasteiger partial charge in [-0.05, 0) is 61.9 Å². The smallest absolute Gasteiger partial charge is 0.261 e. The molecule has 0 spiro atoms. The number of rotatable bonds is 5. The van der Waals surface area contributed by atoms with E-state index in [1.807, 2.05) is 24.3 Å². The summed E-state index contributed by atoms with van der Waals surface area (Å²) in [4.78, 5) is 16.8. The zero-order valence-electron chi connectivity index (χ0n) is 19.1. The van der Waals surface area contributed by atoms with Gasteiger partial charge in [-0.2, -0.15) is 0 Å². The molecule has 8 nitrogen and oxygen atoms in total. The average molecular weight is 478 g/mol. The molecule has 1 aliphatic carbocycles. The van der Waals surface area contributed by atoms with Gasteiger partial charge in [-0.25, -0.2) is 8.42 Å². The van der Waals surface area contributed by atoms with Crippen molar-refractivity contribution in [2.24, 2.45) is 0 Å². The van der Waals surface area contributed by atoms with Gasteiger partial charge in [-0.3, -0.25) is 9.52 Å². The molecule has 0 unspecified atom stereocenters. The second kappa shape index (κ2) is 9.15. The molecule has 9 heteroatoms. The lowest BCUT2D eigenvalue weighted by molar-refractivity contribution is 0.0972. The molecule has 1 saturated heterocycles. The van der Waals surface area contributed by atoms with Gasteiger partial charge < -0.3 is 9.80 Å². The van der Waals surface area contributed by atoms with Gasteiger partial charge in [0.2, 0.25) is 0 Å². The van der Waals surface area contributed by atoms with Crippen molar-refractivity contribution in [3.63, 3.8) is 0 Å². The highest BCUT2D eigenvalue weighted by Gasteiger charge is 2.22. The zero-order chi connectivity index (χ0) is 23.7. The number of aromatic nitrogens is 2. The first-order chi connectivity index (χ1) is 16.4.